The summed E-state index contributed by atoms with van der Waals surface area (Å²) in [4.78, 5) is 0. The fourth-order valence-corrected chi connectivity index (χ4v) is 15.5. The number of hydrogen-bond acceptors (Lipinski definition) is 0. The number of alkyl halides is 3. The van der Waals surface area contributed by atoms with E-state index in [-0.39, 0.29) is 32.5 Å². The first-order valence-corrected chi connectivity index (χ1v) is 43.3. The second-order valence-electron chi connectivity index (χ2n) is 46.6. The van der Waals surface area contributed by atoms with Crippen molar-refractivity contribution in [2.45, 2.75) is 444 Å². The molecule has 0 N–H and O–H groups in total. The van der Waals surface area contributed by atoms with Crippen molar-refractivity contribution in [2.75, 3.05) is 0 Å². The van der Waals surface area contributed by atoms with Crippen LogP contribution in [0.3, 0.4) is 0 Å². The standard InChI is InChI=1S/C20H34.C19H32.C18H30.C17H28.C16H26.C10H14.C9H17F3/c1-18(2,3)13-15-11-10-12-16(14-19(4,5)6)17(15)20(7,8)9;1-12(2)15-10-16(13(3)4)18(19(7,8)9)17(11-15)14(5)6;1-13(2)11-15-9-8-10-16(12-14(3)4)17(15)18(5,6)7;1-12(2)13-10-9-11-14(16(3,4)5)15(13)17(6,7)8;1-11(2)13-9-8-10-14(12(3)4)15(13)16(5,6)7;1-10(2,3)9-7-5-4-6-8-9;1-7(2,3)6-8(4,5)9(10,11)12/h10-12H,13-14H2,1-9H3;10-14H,1-9H3;8-10,13-14H,11-12H2,1-7H3;9-12H,1-8H3;8-12H,1-7H3;4-8H,1-3H3;6H2,1-5H3/i;;;12D;;;6D2. The van der Waals surface area contributed by atoms with Crippen LogP contribution >= 0.6 is 0 Å². The Morgan fingerprint density at radius 2 is 0.580 bits per heavy atom. The van der Waals surface area contributed by atoms with Gasteiger partial charge in [-0.05, 0) is 228 Å². The Balaban J connectivity index is 0.00000133. The molecular formula is C109H181F3. The van der Waals surface area contributed by atoms with Crippen LogP contribution in [0.2, 0.25) is 0 Å². The Kier molecular flexibility index (Phi) is 38.4. The highest BCUT2D eigenvalue weighted by Crippen LogP contribution is 2.47. The summed E-state index contributed by atoms with van der Waals surface area (Å²) in [6.07, 6.45) is -2.16. The summed E-state index contributed by atoms with van der Waals surface area (Å²) >= 11 is 0. The van der Waals surface area contributed by atoms with E-state index in [1.165, 1.54) is 78.1 Å². The number of hydrogen-bond donors (Lipinski definition) is 0. The fraction of sp³-hybridized carbons (Fsp3) is 0.670. The highest BCUT2D eigenvalue weighted by atomic mass is 19.4. The third kappa shape index (κ3) is 37.6. The summed E-state index contributed by atoms with van der Waals surface area (Å²) in [5, 5.41) is 0. The van der Waals surface area contributed by atoms with Gasteiger partial charge in [0, 0.05) is 4.11 Å². The van der Waals surface area contributed by atoms with Gasteiger partial charge in [-0.2, -0.15) is 13.2 Å². The smallest absolute Gasteiger partial charge is 0.171 e. The molecule has 0 amide bonds. The fourth-order valence-electron chi connectivity index (χ4n) is 15.5. The molecule has 0 unspecified atom stereocenters. The molecule has 0 aliphatic heterocycles. The summed E-state index contributed by atoms with van der Waals surface area (Å²) in [6, 6.07) is 42.5. The van der Waals surface area contributed by atoms with E-state index in [1.807, 2.05) is 13.8 Å². The van der Waals surface area contributed by atoms with Crippen LogP contribution in [-0.4, -0.2) is 6.18 Å². The van der Waals surface area contributed by atoms with Crippen molar-refractivity contribution in [1.29, 1.82) is 0 Å². The molecule has 0 aliphatic rings. The average Bonchev–Trinajstić information content (AvgIpc) is 0.903. The highest BCUT2D eigenvalue weighted by molar-refractivity contribution is 5.49. The maximum atomic E-state index is 12.6. The van der Waals surface area contributed by atoms with Crippen LogP contribution < -0.4 is 0 Å². The molecule has 0 spiro atoms. The summed E-state index contributed by atoms with van der Waals surface area (Å²) in [5.41, 5.74) is 24.0. The lowest BCUT2D eigenvalue weighted by molar-refractivity contribution is -0.220. The lowest BCUT2D eigenvalue weighted by atomic mass is 9.71. The zero-order chi connectivity index (χ0) is 91.1. The summed E-state index contributed by atoms with van der Waals surface area (Å²) in [7, 11) is 0. The van der Waals surface area contributed by atoms with Gasteiger partial charge in [-0.1, -0.05) is 448 Å². The van der Waals surface area contributed by atoms with E-state index in [4.69, 9.17) is 4.11 Å². The molecule has 3 heteroatoms. The molecule has 6 aromatic rings. The molecule has 0 saturated heterocycles. The molecule has 0 bridgehead atoms. The molecule has 0 fully saturated rings. The molecule has 638 valence electrons. The van der Waals surface area contributed by atoms with Gasteiger partial charge in [0.25, 0.3) is 0 Å². The molecule has 6 aromatic carbocycles. The average molecular weight is 1550 g/mol. The monoisotopic (exact) mass is 1550 g/mol. The van der Waals surface area contributed by atoms with Crippen molar-refractivity contribution in [3.63, 3.8) is 0 Å². The van der Waals surface area contributed by atoms with Gasteiger partial charge >= 0.3 is 6.18 Å². The number of rotatable bonds is 13. The zero-order valence-corrected chi connectivity index (χ0v) is 82.5. The Morgan fingerprint density at radius 1 is 0.286 bits per heavy atom. The Hall–Kier alpha value is -4.89. The van der Waals surface area contributed by atoms with Gasteiger partial charge < -0.3 is 0 Å². The minimum atomic E-state index is -4.54. The quantitative estimate of drug-likeness (QED) is 0.108. The van der Waals surface area contributed by atoms with Gasteiger partial charge in [-0.3, -0.25) is 0 Å². The molecule has 0 saturated carbocycles. The van der Waals surface area contributed by atoms with Gasteiger partial charge in [0.15, 0.2) is 0 Å². The Labute approximate surface area is 700 Å². The number of benzene rings is 6. The van der Waals surface area contributed by atoms with Crippen molar-refractivity contribution in [3.05, 3.63) is 210 Å². The molecule has 0 aliphatic carbocycles. The van der Waals surface area contributed by atoms with Crippen molar-refractivity contribution in [1.82, 2.24) is 0 Å². The summed E-state index contributed by atoms with van der Waals surface area (Å²) in [5.74, 6) is 3.88. The van der Waals surface area contributed by atoms with Crippen LogP contribution in [0.1, 0.15) is 473 Å². The zero-order valence-electron chi connectivity index (χ0n) is 85.5. The molecule has 0 heterocycles. The van der Waals surface area contributed by atoms with E-state index in [1.54, 1.807) is 44.5 Å². The van der Waals surface area contributed by atoms with Crippen LogP contribution in [-0.2, 0) is 63.6 Å². The van der Waals surface area contributed by atoms with Crippen LogP contribution in [0.4, 0.5) is 13.2 Å². The summed E-state index contributed by atoms with van der Waals surface area (Å²) < 4.78 is 61.4. The number of halogens is 3. The Morgan fingerprint density at radius 3 is 0.821 bits per heavy atom. The predicted octanol–water partition coefficient (Wildman–Crippen LogP) is 35.5. The van der Waals surface area contributed by atoms with E-state index >= 15 is 0 Å². The first kappa shape index (κ1) is 101. The largest absolute Gasteiger partial charge is 0.393 e. The van der Waals surface area contributed by atoms with Crippen LogP contribution in [0.5, 0.6) is 0 Å². The first-order chi connectivity index (χ1) is 51.0. The summed E-state index contributed by atoms with van der Waals surface area (Å²) in [6.45, 7) is 105. The predicted molar refractivity (Wildman–Crippen MR) is 501 cm³/mol. The SMILES string of the molecule is CC(C)(C)Cc1cccc(CC(C)(C)C)c1C(C)(C)C.CC(C)(C)c1ccccc1.CC(C)Cc1cccc(CC(C)C)c1C(C)(C)C.CC(C)c1cc(C(C)C)c(C(C)(C)C)c(C(C)C)c1.CC(C)c1cccc(C(C)C)c1C(C)(C)C.[2H]C(C)(C)c1cccc(C(C)(C)C)c1C(C)(C)C.[2H]C([2H])(C(C)(C)C)C(C)(C)C(F)(F)F. The highest BCUT2D eigenvalue weighted by Gasteiger charge is 2.49. The third-order valence-corrected chi connectivity index (χ3v) is 19.9. The molecule has 0 nitrogen and oxygen atoms in total. The topological polar surface area (TPSA) is 0 Å². The normalized spacial score (nSPS) is 13.7. The molecule has 0 aromatic heterocycles. The van der Waals surface area contributed by atoms with E-state index < -0.39 is 29.3 Å². The maximum absolute atomic E-state index is 12.6. The van der Waals surface area contributed by atoms with E-state index in [0.717, 1.165) is 44.1 Å². The van der Waals surface area contributed by atoms with E-state index in [2.05, 4.69) is 399 Å². The van der Waals surface area contributed by atoms with Gasteiger partial charge in [0.1, 0.15) is 0 Å². The van der Waals surface area contributed by atoms with E-state index in [0.29, 0.717) is 45.8 Å². The minimum Gasteiger partial charge on any atom is -0.171 e. The third-order valence-electron chi connectivity index (χ3n) is 19.9. The van der Waals surface area contributed by atoms with Gasteiger partial charge in [0.05, 0.1) is 5.41 Å². The Bertz CT molecular complexity index is 3680. The van der Waals surface area contributed by atoms with Crippen molar-refractivity contribution in [3.8, 4) is 0 Å². The second kappa shape index (κ2) is 42.5. The van der Waals surface area contributed by atoms with E-state index in [9.17, 15) is 13.2 Å². The maximum Gasteiger partial charge on any atom is 0.393 e. The van der Waals surface area contributed by atoms with Gasteiger partial charge in [0.2, 0.25) is 0 Å². The molecule has 0 atom stereocenters. The van der Waals surface area contributed by atoms with Crippen molar-refractivity contribution in [2.24, 2.45) is 33.5 Å². The molecule has 0 radical (unpaired) electrons. The van der Waals surface area contributed by atoms with Gasteiger partial charge in [-0.25, -0.2) is 0 Å². The van der Waals surface area contributed by atoms with Crippen LogP contribution in [0.15, 0.2) is 115 Å². The van der Waals surface area contributed by atoms with Crippen molar-refractivity contribution >= 4 is 0 Å². The lowest BCUT2D eigenvalue weighted by Crippen LogP contribution is -2.35. The molecule has 6 rings (SSSR count). The molecule has 112 heavy (non-hydrogen) atoms. The second-order valence-corrected chi connectivity index (χ2v) is 46.6. The van der Waals surface area contributed by atoms with Crippen molar-refractivity contribution < 1.29 is 17.3 Å². The first-order valence-electron chi connectivity index (χ1n) is 44.8. The molecular weight excluding hydrogens is 1370 g/mol. The van der Waals surface area contributed by atoms with Gasteiger partial charge in [-0.15, -0.1) is 0 Å². The minimum absolute atomic E-state index is 0.0670. The van der Waals surface area contributed by atoms with Crippen LogP contribution in [0, 0.1) is 33.5 Å². The lowest BCUT2D eigenvalue weighted by Gasteiger charge is -2.34. The van der Waals surface area contributed by atoms with Crippen LogP contribution in [0.25, 0.3) is 0 Å².